The molecule has 0 bridgehead atoms. The van der Waals surface area contributed by atoms with Crippen molar-refractivity contribution < 1.29 is 23.8 Å². The van der Waals surface area contributed by atoms with E-state index in [9.17, 15) is 9.59 Å². The minimum Gasteiger partial charge on any atom is -0.497 e. The molecule has 0 aliphatic carbocycles. The summed E-state index contributed by atoms with van der Waals surface area (Å²) in [6, 6.07) is 12.6. The largest absolute Gasteiger partial charge is 0.497 e. The summed E-state index contributed by atoms with van der Waals surface area (Å²) in [5.74, 6) is 0.551. The first-order valence-corrected chi connectivity index (χ1v) is 9.49. The third-order valence-corrected chi connectivity index (χ3v) is 4.51. The second kappa shape index (κ2) is 8.87. The summed E-state index contributed by atoms with van der Waals surface area (Å²) >= 11 is 3.40. The van der Waals surface area contributed by atoms with Crippen LogP contribution in [-0.4, -0.2) is 24.0 Å². The van der Waals surface area contributed by atoms with E-state index in [4.69, 9.17) is 14.2 Å². The highest BCUT2D eigenvalue weighted by Gasteiger charge is 2.12. The normalized spacial score (nSPS) is 10.9. The molecule has 0 fully saturated rings. The van der Waals surface area contributed by atoms with Gasteiger partial charge in [-0.3, -0.25) is 9.59 Å². The Morgan fingerprint density at radius 2 is 1.76 bits per heavy atom. The van der Waals surface area contributed by atoms with E-state index in [0.717, 1.165) is 5.39 Å². The number of ether oxygens (including phenoxy) is 3. The lowest BCUT2D eigenvalue weighted by Gasteiger charge is -2.11. The molecule has 2 aromatic carbocycles. The Kier molecular flexibility index (Phi) is 6.29. The van der Waals surface area contributed by atoms with Crippen molar-refractivity contribution in [1.82, 2.24) is 4.98 Å². The second-order valence-corrected chi connectivity index (χ2v) is 6.97. The quantitative estimate of drug-likeness (QED) is 0.396. The monoisotopic (exact) mass is 455 g/mol. The zero-order chi connectivity index (χ0) is 21.0. The summed E-state index contributed by atoms with van der Waals surface area (Å²) in [5.41, 5.74) is 1.86. The maximum Gasteiger partial charge on any atom is 0.308 e. The number of hydrogen-bond acceptors (Lipinski definition) is 6. The van der Waals surface area contributed by atoms with Gasteiger partial charge in [-0.2, -0.15) is 0 Å². The number of rotatable bonds is 5. The van der Waals surface area contributed by atoms with Crippen molar-refractivity contribution in [2.45, 2.75) is 13.8 Å². The lowest BCUT2D eigenvalue weighted by Crippen LogP contribution is -2.04. The third kappa shape index (κ3) is 5.00. The first kappa shape index (κ1) is 20.5. The van der Waals surface area contributed by atoms with Gasteiger partial charge in [0.25, 0.3) is 0 Å². The van der Waals surface area contributed by atoms with Crippen molar-refractivity contribution in [3.8, 4) is 17.2 Å². The second-order valence-electron chi connectivity index (χ2n) is 6.11. The molecular formula is C22H18BrNO5. The Bertz CT molecular complexity index is 1120. The van der Waals surface area contributed by atoms with E-state index in [-0.39, 0.29) is 0 Å². The number of methoxy groups -OCH3 is 1. The molecule has 0 aliphatic rings. The molecule has 0 unspecified atom stereocenters. The van der Waals surface area contributed by atoms with Gasteiger partial charge in [-0.25, -0.2) is 4.98 Å². The highest BCUT2D eigenvalue weighted by Crippen LogP contribution is 2.35. The van der Waals surface area contributed by atoms with Gasteiger partial charge in [0, 0.05) is 24.8 Å². The van der Waals surface area contributed by atoms with E-state index in [2.05, 4.69) is 20.9 Å². The molecule has 1 aromatic heterocycles. The number of carbonyl (C=O) groups is 2. The number of para-hydroxylation sites is 1. The van der Waals surface area contributed by atoms with Crippen LogP contribution in [-0.2, 0) is 9.59 Å². The summed E-state index contributed by atoms with van der Waals surface area (Å²) in [5, 5.41) is 0.852. The zero-order valence-corrected chi connectivity index (χ0v) is 17.6. The first-order chi connectivity index (χ1) is 13.9. The molecule has 29 heavy (non-hydrogen) atoms. The van der Waals surface area contributed by atoms with Crippen LogP contribution in [0.1, 0.15) is 25.1 Å². The van der Waals surface area contributed by atoms with Crippen LogP contribution in [0.5, 0.6) is 17.2 Å². The molecule has 0 amide bonds. The van der Waals surface area contributed by atoms with Gasteiger partial charge in [-0.15, -0.1) is 0 Å². The number of hydrogen-bond donors (Lipinski definition) is 0. The Labute approximate surface area is 176 Å². The number of fused-ring (bicyclic) bond motifs is 1. The highest BCUT2D eigenvalue weighted by atomic mass is 79.9. The minimum absolute atomic E-state index is 0.385. The van der Waals surface area contributed by atoms with Crippen molar-refractivity contribution in [2.24, 2.45) is 0 Å². The zero-order valence-electron chi connectivity index (χ0n) is 16.1. The van der Waals surface area contributed by atoms with Crippen LogP contribution in [0.25, 0.3) is 23.1 Å². The van der Waals surface area contributed by atoms with E-state index in [0.29, 0.717) is 38.5 Å². The average Bonchev–Trinajstić information content (AvgIpc) is 2.67. The van der Waals surface area contributed by atoms with E-state index >= 15 is 0 Å². The maximum atomic E-state index is 11.5. The summed E-state index contributed by atoms with van der Waals surface area (Å²) in [7, 11) is 1.56. The van der Waals surface area contributed by atoms with Crippen LogP contribution in [0.15, 0.2) is 46.9 Å². The Morgan fingerprint density at radius 3 is 2.45 bits per heavy atom. The molecule has 148 valence electrons. The van der Waals surface area contributed by atoms with Gasteiger partial charge in [-0.05, 0) is 52.3 Å². The molecular weight excluding hydrogens is 438 g/mol. The third-order valence-electron chi connectivity index (χ3n) is 3.92. The van der Waals surface area contributed by atoms with Crippen LogP contribution in [0.2, 0.25) is 0 Å². The van der Waals surface area contributed by atoms with Crippen LogP contribution in [0.4, 0.5) is 0 Å². The first-order valence-electron chi connectivity index (χ1n) is 8.69. The number of carbonyl (C=O) groups excluding carboxylic acids is 2. The number of esters is 2. The van der Waals surface area contributed by atoms with E-state index < -0.39 is 11.9 Å². The summed E-state index contributed by atoms with van der Waals surface area (Å²) in [4.78, 5) is 27.4. The molecule has 0 N–H and O–H groups in total. The Hall–Kier alpha value is -3.19. The van der Waals surface area contributed by atoms with Gasteiger partial charge in [0.15, 0.2) is 11.5 Å². The molecule has 3 rings (SSSR count). The molecule has 3 aromatic rings. The summed E-state index contributed by atoms with van der Waals surface area (Å²) in [6.07, 6.45) is 3.55. The van der Waals surface area contributed by atoms with Gasteiger partial charge >= 0.3 is 11.9 Å². The van der Waals surface area contributed by atoms with Gasteiger partial charge in [0.2, 0.25) is 0 Å². The fourth-order valence-electron chi connectivity index (χ4n) is 2.72. The van der Waals surface area contributed by atoms with Crippen molar-refractivity contribution in [3.63, 3.8) is 0 Å². The molecule has 0 spiro atoms. The number of aromatic nitrogens is 1. The number of halogens is 1. The van der Waals surface area contributed by atoms with E-state index in [1.807, 2.05) is 18.2 Å². The lowest BCUT2D eigenvalue weighted by molar-refractivity contribution is -0.132. The van der Waals surface area contributed by atoms with Crippen molar-refractivity contribution in [2.75, 3.05) is 7.11 Å². The van der Waals surface area contributed by atoms with E-state index in [1.54, 1.807) is 43.5 Å². The summed E-state index contributed by atoms with van der Waals surface area (Å²) in [6.45, 7) is 2.69. The maximum absolute atomic E-state index is 11.5. The lowest BCUT2D eigenvalue weighted by atomic mass is 10.1. The average molecular weight is 456 g/mol. The van der Waals surface area contributed by atoms with Gasteiger partial charge < -0.3 is 14.2 Å². The molecule has 0 radical (unpaired) electrons. The van der Waals surface area contributed by atoms with Crippen LogP contribution in [0, 0.1) is 0 Å². The predicted octanol–water partition coefficient (Wildman–Crippen LogP) is 5.03. The standard InChI is InChI=1S/C22H18BrNO5/c1-13(25)28-20-6-4-5-15-7-9-17(24-21(15)20)10-8-16-11-18(27-3)12-19(23)22(16)29-14(2)26/h4-12H,1-3H3/b10-8+. The van der Waals surface area contributed by atoms with Crippen molar-refractivity contribution >= 4 is 50.9 Å². The van der Waals surface area contributed by atoms with Gasteiger partial charge in [0.05, 0.1) is 17.3 Å². The molecule has 7 heteroatoms. The number of pyridine rings is 1. The smallest absolute Gasteiger partial charge is 0.308 e. The Balaban J connectivity index is 2.03. The van der Waals surface area contributed by atoms with Gasteiger partial charge in [0.1, 0.15) is 11.3 Å². The molecule has 0 saturated heterocycles. The number of nitrogens with zero attached hydrogens (tertiary/aromatic N) is 1. The number of benzene rings is 2. The fraction of sp³-hybridized carbons (Fsp3) is 0.136. The predicted molar refractivity (Wildman–Crippen MR) is 114 cm³/mol. The summed E-state index contributed by atoms with van der Waals surface area (Å²) < 4.78 is 16.5. The molecule has 0 atom stereocenters. The SMILES string of the molecule is COc1cc(Br)c(OC(C)=O)c(/C=C/c2ccc3cccc(OC(C)=O)c3n2)c1. The molecule has 0 saturated carbocycles. The van der Waals surface area contributed by atoms with Gasteiger partial charge in [-0.1, -0.05) is 18.2 Å². The van der Waals surface area contributed by atoms with Crippen LogP contribution < -0.4 is 14.2 Å². The van der Waals surface area contributed by atoms with Crippen molar-refractivity contribution in [3.05, 3.63) is 58.2 Å². The van der Waals surface area contributed by atoms with Crippen LogP contribution in [0.3, 0.4) is 0 Å². The molecule has 6 nitrogen and oxygen atoms in total. The molecule has 1 heterocycles. The fourth-order valence-corrected chi connectivity index (χ4v) is 3.26. The van der Waals surface area contributed by atoms with E-state index in [1.165, 1.54) is 13.8 Å². The highest BCUT2D eigenvalue weighted by molar-refractivity contribution is 9.10. The van der Waals surface area contributed by atoms with Crippen molar-refractivity contribution in [1.29, 1.82) is 0 Å². The minimum atomic E-state index is -0.430. The topological polar surface area (TPSA) is 74.7 Å². The Morgan fingerprint density at radius 1 is 1.00 bits per heavy atom. The van der Waals surface area contributed by atoms with Crippen LogP contribution >= 0.6 is 15.9 Å². The molecule has 0 aliphatic heterocycles.